The van der Waals surface area contributed by atoms with Crippen LogP contribution >= 0.6 is 22.9 Å². The zero-order valence-corrected chi connectivity index (χ0v) is 13.7. The molecule has 0 radical (unpaired) electrons. The van der Waals surface area contributed by atoms with Crippen molar-refractivity contribution < 1.29 is 18.3 Å². The van der Waals surface area contributed by atoms with Gasteiger partial charge in [0.05, 0.1) is 20.7 Å². The van der Waals surface area contributed by atoms with Crippen LogP contribution in [0.25, 0.3) is 10.2 Å². The SMILES string of the molecule is O=C(O)c1ccc(S(=O)(=O)Nc2nc3ccc(Cl)cc3s2)cc1. The lowest BCUT2D eigenvalue weighted by atomic mass is 10.2. The van der Waals surface area contributed by atoms with Gasteiger partial charge in [0, 0.05) is 5.02 Å². The number of carbonyl (C=O) groups is 1. The van der Waals surface area contributed by atoms with Crippen LogP contribution in [0.15, 0.2) is 47.4 Å². The summed E-state index contributed by atoms with van der Waals surface area (Å²) in [5.74, 6) is -1.12. The maximum absolute atomic E-state index is 12.3. The van der Waals surface area contributed by atoms with E-state index in [0.717, 1.165) is 16.0 Å². The Bertz CT molecular complexity index is 997. The fourth-order valence-corrected chi connectivity index (χ4v) is 4.27. The molecule has 0 aliphatic carbocycles. The molecule has 0 atom stereocenters. The lowest BCUT2D eigenvalue weighted by Gasteiger charge is -2.05. The monoisotopic (exact) mass is 368 g/mol. The normalized spacial score (nSPS) is 11.5. The highest BCUT2D eigenvalue weighted by Gasteiger charge is 2.17. The summed E-state index contributed by atoms with van der Waals surface area (Å²) in [6, 6.07) is 10.0. The van der Waals surface area contributed by atoms with Crippen LogP contribution < -0.4 is 4.72 Å². The average molecular weight is 369 g/mol. The van der Waals surface area contributed by atoms with Crippen molar-refractivity contribution in [2.45, 2.75) is 4.90 Å². The van der Waals surface area contributed by atoms with E-state index in [1.54, 1.807) is 18.2 Å². The molecule has 2 N–H and O–H groups in total. The fraction of sp³-hybridized carbons (Fsp3) is 0. The minimum atomic E-state index is -3.84. The standard InChI is InChI=1S/C14H9ClN2O4S2/c15-9-3-6-11-12(7-9)22-14(16-11)17-23(20,21)10-4-1-8(2-5-10)13(18)19/h1-7H,(H,16,17)(H,18,19). The second kappa shape index (κ2) is 5.80. The van der Waals surface area contributed by atoms with Crippen LogP contribution in [-0.4, -0.2) is 24.5 Å². The van der Waals surface area contributed by atoms with E-state index in [1.807, 2.05) is 0 Å². The van der Waals surface area contributed by atoms with Gasteiger partial charge in [0.25, 0.3) is 10.0 Å². The van der Waals surface area contributed by atoms with Crippen LogP contribution in [0.1, 0.15) is 10.4 Å². The molecule has 118 valence electrons. The Hall–Kier alpha value is -2.16. The van der Waals surface area contributed by atoms with Crippen molar-refractivity contribution in [1.82, 2.24) is 4.98 Å². The van der Waals surface area contributed by atoms with Gasteiger partial charge in [-0.3, -0.25) is 4.72 Å². The Labute approximate surface area is 140 Å². The molecule has 0 spiro atoms. The first-order chi connectivity index (χ1) is 10.8. The predicted molar refractivity (Wildman–Crippen MR) is 88.8 cm³/mol. The van der Waals surface area contributed by atoms with Gasteiger partial charge < -0.3 is 5.11 Å². The number of anilines is 1. The van der Waals surface area contributed by atoms with E-state index >= 15 is 0 Å². The van der Waals surface area contributed by atoms with Gasteiger partial charge in [0.1, 0.15) is 0 Å². The molecule has 3 rings (SSSR count). The summed E-state index contributed by atoms with van der Waals surface area (Å²) < 4.78 is 27.8. The summed E-state index contributed by atoms with van der Waals surface area (Å²) in [7, 11) is -3.84. The third-order valence-electron chi connectivity index (χ3n) is 2.98. The Morgan fingerprint density at radius 2 is 1.87 bits per heavy atom. The molecule has 0 fully saturated rings. The van der Waals surface area contributed by atoms with E-state index in [-0.39, 0.29) is 15.6 Å². The number of aromatic carboxylic acids is 1. The first-order valence-electron chi connectivity index (χ1n) is 6.27. The maximum atomic E-state index is 12.3. The summed E-state index contributed by atoms with van der Waals surface area (Å²) in [5, 5.41) is 9.59. The minimum absolute atomic E-state index is 0.0126. The highest BCUT2D eigenvalue weighted by molar-refractivity contribution is 7.93. The van der Waals surface area contributed by atoms with Gasteiger partial charge in [-0.05, 0) is 42.5 Å². The van der Waals surface area contributed by atoms with Crippen molar-refractivity contribution in [3.63, 3.8) is 0 Å². The molecular weight excluding hydrogens is 360 g/mol. The Morgan fingerprint density at radius 1 is 1.17 bits per heavy atom. The third kappa shape index (κ3) is 3.29. The molecule has 23 heavy (non-hydrogen) atoms. The molecule has 0 unspecified atom stereocenters. The molecule has 0 aliphatic heterocycles. The number of sulfonamides is 1. The molecule has 1 aromatic heterocycles. The Morgan fingerprint density at radius 3 is 2.52 bits per heavy atom. The number of thiazole rings is 1. The number of rotatable bonds is 4. The van der Waals surface area contributed by atoms with Crippen LogP contribution in [0.5, 0.6) is 0 Å². The van der Waals surface area contributed by atoms with E-state index in [4.69, 9.17) is 16.7 Å². The Balaban J connectivity index is 1.91. The quantitative estimate of drug-likeness (QED) is 0.735. The van der Waals surface area contributed by atoms with Gasteiger partial charge in [-0.2, -0.15) is 0 Å². The second-order valence-electron chi connectivity index (χ2n) is 4.57. The summed E-state index contributed by atoms with van der Waals surface area (Å²) in [4.78, 5) is 14.9. The average Bonchev–Trinajstić information content (AvgIpc) is 2.87. The largest absolute Gasteiger partial charge is 0.478 e. The lowest BCUT2D eigenvalue weighted by molar-refractivity contribution is 0.0696. The van der Waals surface area contributed by atoms with Crippen molar-refractivity contribution in [2.75, 3.05) is 4.72 Å². The van der Waals surface area contributed by atoms with Crippen LogP contribution in [0.3, 0.4) is 0 Å². The van der Waals surface area contributed by atoms with Gasteiger partial charge in [-0.15, -0.1) is 0 Å². The van der Waals surface area contributed by atoms with Crippen molar-refractivity contribution in [1.29, 1.82) is 0 Å². The molecule has 0 saturated heterocycles. The number of nitrogens with zero attached hydrogens (tertiary/aromatic N) is 1. The van der Waals surface area contributed by atoms with Crippen molar-refractivity contribution in [3.05, 3.63) is 53.1 Å². The van der Waals surface area contributed by atoms with Crippen LogP contribution in [0.4, 0.5) is 5.13 Å². The number of nitrogens with one attached hydrogen (secondary N) is 1. The van der Waals surface area contributed by atoms with Gasteiger partial charge in [-0.1, -0.05) is 22.9 Å². The summed E-state index contributed by atoms with van der Waals surface area (Å²) >= 11 is 7.05. The predicted octanol–water partition coefficient (Wildman–Crippen LogP) is 3.45. The molecule has 1 heterocycles. The molecule has 0 aliphatic rings. The van der Waals surface area contributed by atoms with Crippen LogP contribution in [-0.2, 0) is 10.0 Å². The summed E-state index contributed by atoms with van der Waals surface area (Å²) in [5.41, 5.74) is 0.650. The smallest absolute Gasteiger partial charge is 0.335 e. The fourth-order valence-electron chi connectivity index (χ4n) is 1.89. The third-order valence-corrected chi connectivity index (χ3v) is 5.64. The number of fused-ring (bicyclic) bond motifs is 1. The highest BCUT2D eigenvalue weighted by Crippen LogP contribution is 2.29. The number of hydrogen-bond acceptors (Lipinski definition) is 5. The van der Waals surface area contributed by atoms with Gasteiger partial charge in [0.15, 0.2) is 5.13 Å². The van der Waals surface area contributed by atoms with Crippen molar-refractivity contribution >= 4 is 54.3 Å². The number of carboxylic acid groups (broad SMARTS) is 1. The lowest BCUT2D eigenvalue weighted by Crippen LogP contribution is -2.13. The van der Waals surface area contributed by atoms with Crippen LogP contribution in [0, 0.1) is 0 Å². The maximum Gasteiger partial charge on any atom is 0.335 e. The second-order valence-corrected chi connectivity index (χ2v) is 7.72. The molecule has 9 heteroatoms. The molecule has 0 amide bonds. The number of benzene rings is 2. The van der Waals surface area contributed by atoms with E-state index in [0.29, 0.717) is 10.5 Å². The summed E-state index contributed by atoms with van der Waals surface area (Å²) in [6.07, 6.45) is 0. The highest BCUT2D eigenvalue weighted by atomic mass is 35.5. The molecular formula is C14H9ClN2O4S2. The zero-order valence-electron chi connectivity index (χ0n) is 11.4. The van der Waals surface area contributed by atoms with Gasteiger partial charge in [-0.25, -0.2) is 18.2 Å². The van der Waals surface area contributed by atoms with Crippen molar-refractivity contribution in [3.8, 4) is 0 Å². The zero-order chi connectivity index (χ0) is 16.6. The Kier molecular flexibility index (Phi) is 3.97. The van der Waals surface area contributed by atoms with E-state index in [1.165, 1.54) is 24.3 Å². The number of aromatic nitrogens is 1. The number of hydrogen-bond donors (Lipinski definition) is 2. The molecule has 0 saturated carbocycles. The molecule has 2 aromatic carbocycles. The molecule has 6 nitrogen and oxygen atoms in total. The number of halogens is 1. The number of carboxylic acids is 1. The topological polar surface area (TPSA) is 96.4 Å². The molecule has 0 bridgehead atoms. The van der Waals surface area contributed by atoms with Gasteiger partial charge >= 0.3 is 5.97 Å². The van der Waals surface area contributed by atoms with Gasteiger partial charge in [0.2, 0.25) is 0 Å². The summed E-state index contributed by atoms with van der Waals surface area (Å²) in [6.45, 7) is 0. The minimum Gasteiger partial charge on any atom is -0.478 e. The van der Waals surface area contributed by atoms with E-state index in [9.17, 15) is 13.2 Å². The van der Waals surface area contributed by atoms with E-state index in [2.05, 4.69) is 9.71 Å². The first-order valence-corrected chi connectivity index (χ1v) is 8.95. The van der Waals surface area contributed by atoms with Crippen LogP contribution in [0.2, 0.25) is 5.02 Å². The first kappa shape index (κ1) is 15.7. The molecule has 3 aromatic rings. The van der Waals surface area contributed by atoms with Crippen molar-refractivity contribution in [2.24, 2.45) is 0 Å². The van der Waals surface area contributed by atoms with E-state index < -0.39 is 16.0 Å².